The van der Waals surface area contributed by atoms with Gasteiger partial charge in [-0.3, -0.25) is 45.4 Å². The Hall–Kier alpha value is -4.48. The topological polar surface area (TPSA) is 154 Å². The van der Waals surface area contributed by atoms with Crippen LogP contribution in [0.25, 0.3) is 5.69 Å². The van der Waals surface area contributed by atoms with Crippen LogP contribution in [0.1, 0.15) is 16.1 Å². The van der Waals surface area contributed by atoms with Gasteiger partial charge >= 0.3 is 0 Å². The highest BCUT2D eigenvalue weighted by Gasteiger charge is 2.21. The molecule has 0 bridgehead atoms. The van der Waals surface area contributed by atoms with Gasteiger partial charge in [0.15, 0.2) is 0 Å². The van der Waals surface area contributed by atoms with Crippen molar-refractivity contribution in [1.29, 1.82) is 0 Å². The zero-order valence-corrected chi connectivity index (χ0v) is 15.9. The summed E-state index contributed by atoms with van der Waals surface area (Å²) >= 11 is 0. The van der Waals surface area contributed by atoms with E-state index >= 15 is 0 Å². The number of rotatable bonds is 6. The summed E-state index contributed by atoms with van der Waals surface area (Å²) in [6.07, 6.45) is 0. The van der Waals surface area contributed by atoms with Gasteiger partial charge in [-0.15, -0.1) is 0 Å². The number of nitro groups is 2. The maximum Gasteiger partial charge on any atom is 0.296 e. The number of para-hydroxylation sites is 1. The second kappa shape index (κ2) is 7.87. The van der Waals surface area contributed by atoms with Crippen molar-refractivity contribution in [3.05, 3.63) is 90.4 Å². The standard InChI is InChI=1S/C18H16N6O6/c1-11-16(18(26)22(21(11)2)13-6-4-3-5-7-13)19-20-17(25)12-8-14(23(27)28)10-15(9-12)24(29)30/h3-10,19H,1-2H3,(H,20,25). The van der Waals surface area contributed by atoms with Crippen LogP contribution in [0.4, 0.5) is 17.1 Å². The Labute approximate surface area is 168 Å². The minimum absolute atomic E-state index is 0.0784. The van der Waals surface area contributed by atoms with Crippen molar-refractivity contribution in [2.45, 2.75) is 6.92 Å². The normalized spacial score (nSPS) is 10.5. The number of nitrogens with one attached hydrogen (secondary N) is 2. The van der Waals surface area contributed by atoms with Gasteiger partial charge in [0.25, 0.3) is 22.8 Å². The molecule has 0 saturated carbocycles. The molecule has 3 rings (SSSR count). The van der Waals surface area contributed by atoms with Crippen LogP contribution in [0.3, 0.4) is 0 Å². The number of nitro benzene ring substituents is 2. The van der Waals surface area contributed by atoms with Crippen LogP contribution in [-0.4, -0.2) is 25.1 Å². The van der Waals surface area contributed by atoms with E-state index in [0.29, 0.717) is 11.4 Å². The van der Waals surface area contributed by atoms with E-state index in [-0.39, 0.29) is 11.3 Å². The molecule has 0 aliphatic heterocycles. The third-order valence-electron chi connectivity index (χ3n) is 4.44. The molecule has 12 nitrogen and oxygen atoms in total. The summed E-state index contributed by atoms with van der Waals surface area (Å²) in [4.78, 5) is 45.5. The summed E-state index contributed by atoms with van der Waals surface area (Å²) in [6.45, 7) is 1.66. The molecule has 0 unspecified atom stereocenters. The molecule has 154 valence electrons. The molecule has 0 fully saturated rings. The van der Waals surface area contributed by atoms with Crippen molar-refractivity contribution in [2.75, 3.05) is 5.43 Å². The molecule has 0 aliphatic rings. The highest BCUT2D eigenvalue weighted by Crippen LogP contribution is 2.22. The Balaban J connectivity index is 1.90. The van der Waals surface area contributed by atoms with E-state index in [1.165, 1.54) is 4.68 Å². The Kier molecular flexibility index (Phi) is 5.31. The number of hydrogen-bond donors (Lipinski definition) is 2. The van der Waals surface area contributed by atoms with Crippen LogP contribution < -0.4 is 16.4 Å². The van der Waals surface area contributed by atoms with E-state index in [4.69, 9.17) is 0 Å². The summed E-state index contributed by atoms with van der Waals surface area (Å²) < 4.78 is 2.98. The van der Waals surface area contributed by atoms with Gasteiger partial charge in [-0.25, -0.2) is 4.68 Å². The SMILES string of the molecule is Cc1c(NNC(=O)c2cc([N+](=O)[O-])cc([N+](=O)[O-])c2)c(=O)n(-c2ccccc2)n1C. The average Bonchev–Trinajstić information content (AvgIpc) is 2.94. The van der Waals surface area contributed by atoms with E-state index in [2.05, 4.69) is 10.9 Å². The molecule has 0 radical (unpaired) electrons. The fourth-order valence-corrected chi connectivity index (χ4v) is 2.84. The quantitative estimate of drug-likeness (QED) is 0.464. The lowest BCUT2D eigenvalue weighted by molar-refractivity contribution is -0.394. The number of carbonyl (C=O) groups excluding carboxylic acids is 1. The summed E-state index contributed by atoms with van der Waals surface area (Å²) in [6, 6.07) is 11.4. The molecule has 12 heteroatoms. The first-order valence-electron chi connectivity index (χ1n) is 8.55. The van der Waals surface area contributed by atoms with Gasteiger partial charge in [-0.1, -0.05) is 18.2 Å². The van der Waals surface area contributed by atoms with Crippen LogP contribution in [0, 0.1) is 27.2 Å². The van der Waals surface area contributed by atoms with E-state index in [1.807, 2.05) is 6.07 Å². The van der Waals surface area contributed by atoms with E-state index < -0.39 is 32.7 Å². The largest absolute Gasteiger partial charge is 0.296 e. The average molecular weight is 412 g/mol. The number of carbonyl (C=O) groups is 1. The number of hydrazine groups is 1. The number of benzene rings is 2. The Morgan fingerprint density at radius 2 is 1.57 bits per heavy atom. The Bertz CT molecular complexity index is 1180. The fraction of sp³-hybridized carbons (Fsp3) is 0.111. The molecule has 30 heavy (non-hydrogen) atoms. The first-order valence-corrected chi connectivity index (χ1v) is 8.55. The molecule has 1 aromatic heterocycles. The maximum absolute atomic E-state index is 12.8. The molecule has 1 amide bonds. The summed E-state index contributed by atoms with van der Waals surface area (Å²) in [7, 11) is 1.67. The van der Waals surface area contributed by atoms with Gasteiger partial charge in [-0.2, -0.15) is 0 Å². The van der Waals surface area contributed by atoms with Gasteiger partial charge in [-0.05, 0) is 19.1 Å². The van der Waals surface area contributed by atoms with Crippen LogP contribution in [0.5, 0.6) is 0 Å². The molecule has 0 spiro atoms. The Morgan fingerprint density at radius 1 is 1.00 bits per heavy atom. The van der Waals surface area contributed by atoms with Crippen LogP contribution in [0.2, 0.25) is 0 Å². The smallest absolute Gasteiger partial charge is 0.292 e. The lowest BCUT2D eigenvalue weighted by Crippen LogP contribution is -2.32. The first kappa shape index (κ1) is 20.3. The summed E-state index contributed by atoms with van der Waals surface area (Å²) in [5.41, 5.74) is 4.03. The summed E-state index contributed by atoms with van der Waals surface area (Å²) in [5.74, 6) is -0.879. The van der Waals surface area contributed by atoms with Crippen molar-refractivity contribution >= 4 is 23.0 Å². The van der Waals surface area contributed by atoms with Gasteiger partial charge in [0.1, 0.15) is 5.69 Å². The van der Waals surface area contributed by atoms with E-state index in [0.717, 1.165) is 18.2 Å². The zero-order chi connectivity index (χ0) is 22.0. The Morgan fingerprint density at radius 3 is 2.10 bits per heavy atom. The van der Waals surface area contributed by atoms with Crippen molar-refractivity contribution in [3.8, 4) is 5.69 Å². The zero-order valence-electron chi connectivity index (χ0n) is 15.9. The molecule has 2 aromatic carbocycles. The third-order valence-corrected chi connectivity index (χ3v) is 4.44. The minimum atomic E-state index is -0.879. The molecule has 0 saturated heterocycles. The molecular weight excluding hydrogens is 396 g/mol. The number of anilines is 1. The summed E-state index contributed by atoms with van der Waals surface area (Å²) in [5, 5.41) is 22.0. The monoisotopic (exact) mass is 412 g/mol. The highest BCUT2D eigenvalue weighted by molar-refractivity contribution is 5.96. The molecular formula is C18H16N6O6. The molecule has 2 N–H and O–H groups in total. The molecule has 0 aliphatic carbocycles. The van der Waals surface area contributed by atoms with Crippen LogP contribution in [0.15, 0.2) is 53.3 Å². The highest BCUT2D eigenvalue weighted by atomic mass is 16.6. The number of nitrogens with zero attached hydrogens (tertiary/aromatic N) is 4. The number of hydrogen-bond acceptors (Lipinski definition) is 7. The third kappa shape index (κ3) is 3.73. The van der Waals surface area contributed by atoms with Crippen molar-refractivity contribution in [3.63, 3.8) is 0 Å². The van der Waals surface area contributed by atoms with Crippen LogP contribution in [-0.2, 0) is 7.05 Å². The second-order valence-electron chi connectivity index (χ2n) is 6.27. The van der Waals surface area contributed by atoms with Gasteiger partial charge < -0.3 is 0 Å². The first-order chi connectivity index (χ1) is 14.2. The molecule has 0 atom stereocenters. The molecule has 3 aromatic rings. The lowest BCUT2D eigenvalue weighted by atomic mass is 10.1. The fourth-order valence-electron chi connectivity index (χ4n) is 2.84. The van der Waals surface area contributed by atoms with Crippen LogP contribution >= 0.6 is 0 Å². The minimum Gasteiger partial charge on any atom is -0.292 e. The number of non-ortho nitro benzene ring substituents is 2. The van der Waals surface area contributed by atoms with Gasteiger partial charge in [0.05, 0.1) is 32.9 Å². The van der Waals surface area contributed by atoms with Gasteiger partial charge in [0.2, 0.25) is 0 Å². The maximum atomic E-state index is 12.8. The lowest BCUT2D eigenvalue weighted by Gasteiger charge is -2.08. The van der Waals surface area contributed by atoms with Crippen molar-refractivity contribution in [2.24, 2.45) is 7.05 Å². The van der Waals surface area contributed by atoms with Gasteiger partial charge in [0, 0.05) is 19.2 Å². The second-order valence-corrected chi connectivity index (χ2v) is 6.27. The predicted octanol–water partition coefficient (Wildman–Crippen LogP) is 2.06. The molecule has 1 heterocycles. The van der Waals surface area contributed by atoms with E-state index in [9.17, 15) is 29.8 Å². The predicted molar refractivity (Wildman–Crippen MR) is 107 cm³/mol. The van der Waals surface area contributed by atoms with E-state index in [1.54, 1.807) is 42.9 Å². The van der Waals surface area contributed by atoms with Crippen molar-refractivity contribution < 1.29 is 14.6 Å². The van der Waals surface area contributed by atoms with Crippen molar-refractivity contribution in [1.82, 2.24) is 14.8 Å². The number of aromatic nitrogens is 2. The number of amides is 1.